The lowest BCUT2D eigenvalue weighted by Gasteiger charge is -2.23. The number of aryl methyl sites for hydroxylation is 1. The Morgan fingerprint density at radius 2 is 2.39 bits per heavy atom. The van der Waals surface area contributed by atoms with Crippen molar-refractivity contribution in [1.82, 2.24) is 10.3 Å². The van der Waals surface area contributed by atoms with Crippen molar-refractivity contribution in [2.24, 2.45) is 0 Å². The Hall–Kier alpha value is -1.42. The van der Waals surface area contributed by atoms with Crippen LogP contribution in [0.25, 0.3) is 0 Å². The Labute approximate surface area is 108 Å². The highest BCUT2D eigenvalue weighted by Gasteiger charge is 2.17. The summed E-state index contributed by atoms with van der Waals surface area (Å²) < 4.78 is 0. The summed E-state index contributed by atoms with van der Waals surface area (Å²) in [5.41, 5.74) is 7.31. The molecule has 4 heteroatoms. The monoisotopic (exact) mass is 247 g/mol. The molecule has 3 N–H and O–H groups in total. The molecule has 2 rings (SSSR count). The smallest absolute Gasteiger partial charge is 0.166 e. The van der Waals surface area contributed by atoms with Gasteiger partial charge in [0.25, 0.3) is 0 Å². The number of rotatable bonds is 4. The molecule has 1 unspecified atom stereocenters. The summed E-state index contributed by atoms with van der Waals surface area (Å²) in [6.07, 6.45) is 6.78. The Kier molecular flexibility index (Phi) is 4.31. The first kappa shape index (κ1) is 13.0. The van der Waals surface area contributed by atoms with Crippen LogP contribution in [0.2, 0.25) is 0 Å². The van der Waals surface area contributed by atoms with Crippen LogP contribution in [0.4, 0.5) is 5.82 Å². The molecule has 98 valence electrons. The lowest BCUT2D eigenvalue weighted by Crippen LogP contribution is -2.34. The molecule has 0 amide bonds. The number of nitrogens with two attached hydrogens (primary N) is 1. The van der Waals surface area contributed by atoms with Crippen molar-refractivity contribution in [2.75, 3.05) is 12.3 Å². The zero-order valence-electron chi connectivity index (χ0n) is 10.9. The van der Waals surface area contributed by atoms with Crippen molar-refractivity contribution in [3.8, 4) is 0 Å². The molecule has 1 saturated heterocycles. The number of hydrogen-bond acceptors (Lipinski definition) is 4. The molecule has 0 bridgehead atoms. The van der Waals surface area contributed by atoms with E-state index in [0.717, 1.165) is 18.5 Å². The van der Waals surface area contributed by atoms with E-state index in [1.54, 1.807) is 6.20 Å². The van der Waals surface area contributed by atoms with E-state index in [1.165, 1.54) is 19.3 Å². The van der Waals surface area contributed by atoms with Gasteiger partial charge in [-0.05, 0) is 44.4 Å². The minimum atomic E-state index is 0.116. The number of pyridine rings is 1. The molecule has 1 aromatic heterocycles. The molecule has 1 aromatic rings. The number of hydrogen-bond donors (Lipinski definition) is 2. The molecular formula is C14H21N3O. The van der Waals surface area contributed by atoms with E-state index < -0.39 is 0 Å². The van der Waals surface area contributed by atoms with Crippen LogP contribution in [0.5, 0.6) is 0 Å². The maximum absolute atomic E-state index is 12.2. The average molecular weight is 247 g/mol. The fraction of sp³-hybridized carbons (Fsp3) is 0.571. The third-order valence-corrected chi connectivity index (χ3v) is 3.60. The predicted molar refractivity (Wildman–Crippen MR) is 72.6 cm³/mol. The van der Waals surface area contributed by atoms with E-state index in [1.807, 2.05) is 13.0 Å². The minimum absolute atomic E-state index is 0.116. The molecular weight excluding hydrogens is 226 g/mol. The van der Waals surface area contributed by atoms with Gasteiger partial charge in [-0.2, -0.15) is 0 Å². The van der Waals surface area contributed by atoms with Gasteiger partial charge in [-0.3, -0.25) is 4.79 Å². The number of nitrogens with zero attached hydrogens (tertiary/aromatic N) is 1. The normalized spacial score (nSPS) is 19.7. The van der Waals surface area contributed by atoms with E-state index in [4.69, 9.17) is 5.73 Å². The van der Waals surface area contributed by atoms with Crippen molar-refractivity contribution >= 4 is 11.6 Å². The number of carbonyl (C=O) groups excluding carboxylic acids is 1. The van der Waals surface area contributed by atoms with Crippen LogP contribution in [0, 0.1) is 6.92 Å². The summed E-state index contributed by atoms with van der Waals surface area (Å²) in [6.45, 7) is 2.98. The second-order valence-corrected chi connectivity index (χ2v) is 5.00. The van der Waals surface area contributed by atoms with Crippen LogP contribution in [0.15, 0.2) is 12.3 Å². The van der Waals surface area contributed by atoms with Crippen LogP contribution in [0.3, 0.4) is 0 Å². The first-order valence-electron chi connectivity index (χ1n) is 6.66. The molecule has 1 aliphatic rings. The quantitative estimate of drug-likeness (QED) is 0.799. The van der Waals surface area contributed by atoms with Crippen LogP contribution in [-0.4, -0.2) is 23.4 Å². The predicted octanol–water partition coefficient (Wildman–Crippen LogP) is 2.08. The molecule has 1 atom stereocenters. The first-order chi connectivity index (χ1) is 8.68. The number of aromatic nitrogens is 1. The lowest BCUT2D eigenvalue weighted by molar-refractivity contribution is 0.0974. The molecule has 0 saturated carbocycles. The van der Waals surface area contributed by atoms with E-state index >= 15 is 0 Å². The third kappa shape index (κ3) is 3.07. The van der Waals surface area contributed by atoms with E-state index in [9.17, 15) is 4.79 Å². The van der Waals surface area contributed by atoms with E-state index in [0.29, 0.717) is 23.8 Å². The molecule has 1 aliphatic heterocycles. The number of anilines is 1. The van der Waals surface area contributed by atoms with Crippen LogP contribution in [-0.2, 0) is 0 Å². The van der Waals surface area contributed by atoms with Gasteiger partial charge in [0.1, 0.15) is 5.82 Å². The van der Waals surface area contributed by atoms with Gasteiger partial charge in [-0.1, -0.05) is 6.42 Å². The van der Waals surface area contributed by atoms with Gasteiger partial charge < -0.3 is 11.1 Å². The molecule has 0 aromatic carbocycles. The average Bonchev–Trinajstić information content (AvgIpc) is 2.37. The third-order valence-electron chi connectivity index (χ3n) is 3.60. The lowest BCUT2D eigenvalue weighted by atomic mass is 9.96. The summed E-state index contributed by atoms with van der Waals surface area (Å²) in [5.74, 6) is 0.474. The van der Waals surface area contributed by atoms with Gasteiger partial charge in [0.05, 0.1) is 5.56 Å². The van der Waals surface area contributed by atoms with Gasteiger partial charge in [0.15, 0.2) is 5.78 Å². The second-order valence-electron chi connectivity index (χ2n) is 5.00. The standard InChI is InChI=1S/C14H21N3O/c1-10-7-9-17-14(15)13(10)12(18)6-5-11-4-2-3-8-16-11/h7,9,11,16H,2-6,8H2,1H3,(H2,15,17). The summed E-state index contributed by atoms with van der Waals surface area (Å²) >= 11 is 0. The van der Waals surface area contributed by atoms with Crippen molar-refractivity contribution in [3.05, 3.63) is 23.4 Å². The van der Waals surface area contributed by atoms with E-state index in [-0.39, 0.29) is 5.78 Å². The zero-order valence-corrected chi connectivity index (χ0v) is 10.9. The molecule has 0 aliphatic carbocycles. The van der Waals surface area contributed by atoms with Gasteiger partial charge in [0.2, 0.25) is 0 Å². The number of piperidine rings is 1. The second kappa shape index (κ2) is 5.96. The Morgan fingerprint density at radius 3 is 3.06 bits per heavy atom. The maximum Gasteiger partial charge on any atom is 0.166 e. The summed E-state index contributed by atoms with van der Waals surface area (Å²) in [7, 11) is 0. The van der Waals surface area contributed by atoms with E-state index in [2.05, 4.69) is 10.3 Å². The van der Waals surface area contributed by atoms with Crippen molar-refractivity contribution < 1.29 is 4.79 Å². The van der Waals surface area contributed by atoms with Crippen LogP contribution in [0.1, 0.15) is 48.0 Å². The maximum atomic E-state index is 12.2. The SMILES string of the molecule is Cc1ccnc(N)c1C(=O)CCC1CCCCN1. The molecule has 4 nitrogen and oxygen atoms in total. The van der Waals surface area contributed by atoms with Crippen molar-refractivity contribution in [1.29, 1.82) is 0 Å². The molecule has 0 spiro atoms. The highest BCUT2D eigenvalue weighted by atomic mass is 16.1. The molecule has 18 heavy (non-hydrogen) atoms. The number of nitrogen functional groups attached to an aromatic ring is 1. The topological polar surface area (TPSA) is 68.0 Å². The largest absolute Gasteiger partial charge is 0.383 e. The Morgan fingerprint density at radius 1 is 1.56 bits per heavy atom. The number of carbonyl (C=O) groups is 1. The van der Waals surface area contributed by atoms with Crippen molar-refractivity contribution in [2.45, 2.75) is 45.1 Å². The van der Waals surface area contributed by atoms with Gasteiger partial charge in [-0.25, -0.2) is 4.98 Å². The number of Topliss-reactive ketones (excluding diaryl/α,β-unsaturated/α-hetero) is 1. The minimum Gasteiger partial charge on any atom is -0.383 e. The zero-order chi connectivity index (χ0) is 13.0. The van der Waals surface area contributed by atoms with Gasteiger partial charge >= 0.3 is 0 Å². The Bertz CT molecular complexity index is 405. The van der Waals surface area contributed by atoms with Crippen LogP contribution < -0.4 is 11.1 Å². The highest BCUT2D eigenvalue weighted by Crippen LogP contribution is 2.19. The number of nitrogens with one attached hydrogen (secondary N) is 1. The fourth-order valence-electron chi connectivity index (χ4n) is 2.54. The molecule has 0 radical (unpaired) electrons. The summed E-state index contributed by atoms with van der Waals surface area (Å²) in [5, 5.41) is 3.46. The summed E-state index contributed by atoms with van der Waals surface area (Å²) in [6, 6.07) is 2.32. The fourth-order valence-corrected chi connectivity index (χ4v) is 2.54. The molecule has 2 heterocycles. The first-order valence-corrected chi connectivity index (χ1v) is 6.66. The number of ketones is 1. The molecule has 1 fully saturated rings. The Balaban J connectivity index is 1.95. The van der Waals surface area contributed by atoms with Crippen molar-refractivity contribution in [3.63, 3.8) is 0 Å². The summed E-state index contributed by atoms with van der Waals surface area (Å²) in [4.78, 5) is 16.2. The highest BCUT2D eigenvalue weighted by molar-refractivity contribution is 6.01. The van der Waals surface area contributed by atoms with Crippen LogP contribution >= 0.6 is 0 Å². The van der Waals surface area contributed by atoms with Gasteiger partial charge in [-0.15, -0.1) is 0 Å². The van der Waals surface area contributed by atoms with Gasteiger partial charge in [0, 0.05) is 18.7 Å².